The van der Waals surface area contributed by atoms with Crippen molar-refractivity contribution in [2.45, 2.75) is 26.3 Å². The van der Waals surface area contributed by atoms with Crippen LogP contribution in [0.25, 0.3) is 11.3 Å². The van der Waals surface area contributed by atoms with Gasteiger partial charge in [-0.2, -0.15) is 5.10 Å². The SMILES string of the molecule is C=C/C(C(=O)Nc1cn(CC(=O)N(C)C)nc1-c1cc(C(F)F)ccc1OC(C)F)=C1/N=CC=CN1C. The Bertz CT molecular complexity index is 1280. The van der Waals surface area contributed by atoms with Crippen molar-refractivity contribution in [1.29, 1.82) is 0 Å². The summed E-state index contributed by atoms with van der Waals surface area (Å²) in [5.74, 6) is -0.666. The third-order valence-corrected chi connectivity index (χ3v) is 5.22. The highest BCUT2D eigenvalue weighted by Gasteiger charge is 2.24. The Hall–Kier alpha value is -4.35. The summed E-state index contributed by atoms with van der Waals surface area (Å²) in [6.45, 7) is 4.63. The van der Waals surface area contributed by atoms with Crippen molar-refractivity contribution in [3.63, 3.8) is 0 Å². The summed E-state index contributed by atoms with van der Waals surface area (Å²) in [7, 11) is 4.83. The van der Waals surface area contributed by atoms with Gasteiger partial charge in [-0.3, -0.25) is 14.3 Å². The number of alkyl halides is 3. The van der Waals surface area contributed by atoms with Crippen molar-refractivity contribution in [1.82, 2.24) is 19.6 Å². The van der Waals surface area contributed by atoms with E-state index in [1.807, 2.05) is 0 Å². The number of anilines is 1. The summed E-state index contributed by atoms with van der Waals surface area (Å²) in [6.07, 6.45) is 3.04. The number of nitrogens with zero attached hydrogens (tertiary/aromatic N) is 5. The summed E-state index contributed by atoms with van der Waals surface area (Å²) in [4.78, 5) is 32.7. The average Bonchev–Trinajstić information content (AvgIpc) is 3.22. The van der Waals surface area contributed by atoms with Gasteiger partial charge < -0.3 is 19.9 Å². The molecule has 0 fully saturated rings. The number of nitrogens with one attached hydrogen (secondary N) is 1. The Morgan fingerprint density at radius 3 is 2.59 bits per heavy atom. The lowest BCUT2D eigenvalue weighted by atomic mass is 10.1. The smallest absolute Gasteiger partial charge is 0.263 e. The predicted molar refractivity (Wildman–Crippen MR) is 134 cm³/mol. The third-order valence-electron chi connectivity index (χ3n) is 5.22. The van der Waals surface area contributed by atoms with Gasteiger partial charge in [0, 0.05) is 57.8 Å². The molecule has 2 aromatic rings. The van der Waals surface area contributed by atoms with Crippen LogP contribution in [0.4, 0.5) is 18.9 Å². The summed E-state index contributed by atoms with van der Waals surface area (Å²) < 4.78 is 47.3. The number of hydrogen-bond donors (Lipinski definition) is 1. The van der Waals surface area contributed by atoms with Gasteiger partial charge in [-0.15, -0.1) is 0 Å². The van der Waals surface area contributed by atoms with E-state index in [0.717, 1.165) is 19.1 Å². The molecule has 37 heavy (non-hydrogen) atoms. The molecular formula is C25H27F3N6O3. The fourth-order valence-electron chi connectivity index (χ4n) is 3.40. The molecule has 0 radical (unpaired) electrons. The lowest BCUT2D eigenvalue weighted by molar-refractivity contribution is -0.129. The number of benzene rings is 1. The number of carbonyl (C=O) groups excluding carboxylic acids is 2. The van der Waals surface area contributed by atoms with Crippen molar-refractivity contribution in [3.05, 3.63) is 66.3 Å². The van der Waals surface area contributed by atoms with E-state index in [-0.39, 0.29) is 46.3 Å². The van der Waals surface area contributed by atoms with Crippen LogP contribution in [-0.4, -0.2) is 65.1 Å². The standard InChI is InChI=1S/C25H27F3N6O3/c1-6-17(24-29-10-7-11-33(24)5)25(36)30-19-13-34(14-21(35)32(3)4)31-22(19)18-12-16(23(27)28)8-9-20(18)37-15(2)26/h6-13,15,23H,1,14H2,2-5H3,(H,30,36)/b24-17+. The highest BCUT2D eigenvalue weighted by atomic mass is 19.3. The van der Waals surface area contributed by atoms with Gasteiger partial charge in [0.05, 0.1) is 11.3 Å². The van der Waals surface area contributed by atoms with E-state index < -0.39 is 18.7 Å². The fraction of sp³-hybridized carbons (Fsp3) is 0.280. The Labute approximate surface area is 212 Å². The van der Waals surface area contributed by atoms with Gasteiger partial charge in [0.2, 0.25) is 12.3 Å². The quantitative estimate of drug-likeness (QED) is 0.506. The molecule has 2 heterocycles. The molecule has 0 spiro atoms. The van der Waals surface area contributed by atoms with Crippen LogP contribution in [0.3, 0.4) is 0 Å². The molecule has 1 aromatic heterocycles. The molecule has 1 aromatic carbocycles. The van der Waals surface area contributed by atoms with Gasteiger partial charge in [-0.05, 0) is 24.3 Å². The Balaban J connectivity index is 2.13. The number of carbonyl (C=O) groups is 2. The minimum atomic E-state index is -2.82. The van der Waals surface area contributed by atoms with E-state index in [1.54, 1.807) is 38.3 Å². The number of rotatable bonds is 9. The highest BCUT2D eigenvalue weighted by molar-refractivity contribution is 6.08. The average molecular weight is 517 g/mol. The van der Waals surface area contributed by atoms with Gasteiger partial charge in [0.15, 0.2) is 0 Å². The number of aromatic nitrogens is 2. The number of hydrogen-bond acceptors (Lipinski definition) is 6. The Morgan fingerprint density at radius 1 is 1.27 bits per heavy atom. The minimum Gasteiger partial charge on any atom is -0.460 e. The molecule has 12 heteroatoms. The Morgan fingerprint density at radius 2 is 2.00 bits per heavy atom. The molecule has 0 bridgehead atoms. The van der Waals surface area contributed by atoms with E-state index in [4.69, 9.17) is 4.74 Å². The number of allylic oxidation sites excluding steroid dienone is 1. The molecule has 0 aliphatic carbocycles. The second-order valence-corrected chi connectivity index (χ2v) is 8.22. The van der Waals surface area contributed by atoms with Crippen LogP contribution in [0, 0.1) is 0 Å². The zero-order chi connectivity index (χ0) is 27.3. The van der Waals surface area contributed by atoms with Crippen molar-refractivity contribution < 1.29 is 27.5 Å². The monoisotopic (exact) mass is 516 g/mol. The molecule has 1 atom stereocenters. The van der Waals surface area contributed by atoms with Gasteiger partial charge in [0.1, 0.15) is 23.8 Å². The molecule has 9 nitrogen and oxygen atoms in total. The first-order chi connectivity index (χ1) is 17.5. The van der Waals surface area contributed by atoms with Crippen LogP contribution in [0.5, 0.6) is 5.75 Å². The second kappa shape index (κ2) is 11.6. The van der Waals surface area contributed by atoms with Crippen LogP contribution in [0.2, 0.25) is 0 Å². The maximum atomic E-state index is 13.8. The number of halogens is 3. The van der Waals surface area contributed by atoms with Gasteiger partial charge >= 0.3 is 0 Å². The van der Waals surface area contributed by atoms with Gasteiger partial charge in [0.25, 0.3) is 12.3 Å². The third kappa shape index (κ3) is 6.46. The first-order valence-corrected chi connectivity index (χ1v) is 11.1. The minimum absolute atomic E-state index is 0.00636. The summed E-state index contributed by atoms with van der Waals surface area (Å²) in [5.41, 5.74) is -0.133. The van der Waals surface area contributed by atoms with Crippen LogP contribution in [-0.2, 0) is 16.1 Å². The van der Waals surface area contributed by atoms with Gasteiger partial charge in [-0.25, -0.2) is 18.2 Å². The summed E-state index contributed by atoms with van der Waals surface area (Å²) in [6, 6.07) is 3.43. The van der Waals surface area contributed by atoms with Crippen LogP contribution < -0.4 is 10.1 Å². The van der Waals surface area contributed by atoms with Crippen LogP contribution in [0.1, 0.15) is 18.9 Å². The zero-order valence-electron chi connectivity index (χ0n) is 20.8. The molecule has 1 aliphatic rings. The lowest BCUT2D eigenvalue weighted by Crippen LogP contribution is -2.26. The molecule has 1 unspecified atom stereocenters. The zero-order valence-corrected chi connectivity index (χ0v) is 20.8. The van der Waals surface area contributed by atoms with E-state index in [9.17, 15) is 22.8 Å². The maximum absolute atomic E-state index is 13.8. The molecule has 1 aliphatic heterocycles. The molecular weight excluding hydrogens is 489 g/mol. The van der Waals surface area contributed by atoms with E-state index in [0.29, 0.717) is 5.82 Å². The summed E-state index contributed by atoms with van der Waals surface area (Å²) >= 11 is 0. The number of aliphatic imine (C=N–C) groups is 1. The van der Waals surface area contributed by atoms with Crippen molar-refractivity contribution in [3.8, 4) is 17.0 Å². The number of ether oxygens (including phenoxy) is 1. The predicted octanol–water partition coefficient (Wildman–Crippen LogP) is 4.14. The second-order valence-electron chi connectivity index (χ2n) is 8.22. The van der Waals surface area contributed by atoms with Crippen LogP contribution in [0.15, 0.2) is 65.7 Å². The van der Waals surface area contributed by atoms with Crippen LogP contribution >= 0.6 is 0 Å². The largest absolute Gasteiger partial charge is 0.460 e. The van der Waals surface area contributed by atoms with Crippen molar-refractivity contribution in [2.24, 2.45) is 4.99 Å². The lowest BCUT2D eigenvalue weighted by Gasteiger charge is -2.19. The molecule has 196 valence electrons. The first kappa shape index (κ1) is 27.2. The normalized spacial score (nSPS) is 15.0. The van der Waals surface area contributed by atoms with Crippen molar-refractivity contribution in [2.75, 3.05) is 26.5 Å². The first-order valence-electron chi connectivity index (χ1n) is 11.1. The molecule has 2 amide bonds. The topological polar surface area (TPSA) is 92.1 Å². The molecule has 3 rings (SSSR count). The molecule has 0 saturated carbocycles. The fourth-order valence-corrected chi connectivity index (χ4v) is 3.40. The van der Waals surface area contributed by atoms with E-state index >= 15 is 0 Å². The van der Waals surface area contributed by atoms with E-state index in [1.165, 1.54) is 34.1 Å². The summed E-state index contributed by atoms with van der Waals surface area (Å²) in [5, 5.41) is 7.04. The van der Waals surface area contributed by atoms with E-state index in [2.05, 4.69) is 22.0 Å². The number of amides is 2. The van der Waals surface area contributed by atoms with Gasteiger partial charge in [-0.1, -0.05) is 12.7 Å². The Kier molecular flexibility index (Phi) is 8.53. The molecule has 1 N–H and O–H groups in total. The highest BCUT2D eigenvalue weighted by Crippen LogP contribution is 2.38. The number of likely N-dealkylation sites (N-methyl/N-ethyl adjacent to an activating group) is 1. The molecule has 0 saturated heterocycles. The van der Waals surface area contributed by atoms with Crippen molar-refractivity contribution >= 4 is 23.7 Å². The maximum Gasteiger partial charge on any atom is 0.263 e.